The van der Waals surface area contributed by atoms with E-state index >= 15 is 0 Å². The lowest BCUT2D eigenvalue weighted by Crippen LogP contribution is -2.24. The molecule has 0 atom stereocenters. The molecule has 0 unspecified atom stereocenters. The minimum Gasteiger partial charge on any atom is -0.476 e. The maximum Gasteiger partial charge on any atom is 0.356 e. The number of carbonyl (C=O) groups is 2. The molecule has 6 nitrogen and oxygen atoms in total. The van der Waals surface area contributed by atoms with Crippen LogP contribution in [0.1, 0.15) is 26.5 Å². The van der Waals surface area contributed by atoms with Crippen LogP contribution in [-0.2, 0) is 6.54 Å². The Morgan fingerprint density at radius 2 is 2.17 bits per heavy atom. The van der Waals surface area contributed by atoms with Crippen LogP contribution in [0, 0.1) is 0 Å². The molecule has 2 aromatic rings. The number of carboxylic acids is 1. The van der Waals surface area contributed by atoms with E-state index in [1.54, 1.807) is 0 Å². The molecule has 3 rings (SSSR count). The fraction of sp³-hybridized carbons (Fsp3) is 0.0833. The van der Waals surface area contributed by atoms with E-state index in [4.69, 9.17) is 5.11 Å². The largest absolute Gasteiger partial charge is 0.476 e. The monoisotopic (exact) mass is 243 g/mol. The minimum absolute atomic E-state index is 0.0625. The summed E-state index contributed by atoms with van der Waals surface area (Å²) in [7, 11) is 0. The second-order valence-electron chi connectivity index (χ2n) is 3.93. The van der Waals surface area contributed by atoms with Gasteiger partial charge in [-0.2, -0.15) is 0 Å². The number of benzene rings is 1. The number of hydrogen-bond acceptors (Lipinski definition) is 3. The molecule has 0 fully saturated rings. The first-order valence-corrected chi connectivity index (χ1v) is 5.35. The number of carbonyl (C=O) groups excluding carboxylic acids is 1. The first-order valence-electron chi connectivity index (χ1n) is 5.35. The first-order chi connectivity index (χ1) is 8.68. The summed E-state index contributed by atoms with van der Waals surface area (Å²) < 4.78 is 1.52. The van der Waals surface area contributed by atoms with Gasteiger partial charge in [-0.25, -0.2) is 9.78 Å². The van der Waals surface area contributed by atoms with Crippen LogP contribution in [0.3, 0.4) is 0 Å². The molecule has 18 heavy (non-hydrogen) atoms. The number of aromatic carboxylic acids is 1. The molecular formula is C12H9N3O3. The van der Waals surface area contributed by atoms with Crippen LogP contribution in [0.5, 0.6) is 0 Å². The lowest BCUT2D eigenvalue weighted by atomic mass is 10.2. The molecule has 0 spiro atoms. The summed E-state index contributed by atoms with van der Waals surface area (Å²) in [5.41, 5.74) is 1.52. The molecule has 2 N–H and O–H groups in total. The van der Waals surface area contributed by atoms with Crippen LogP contribution in [0.15, 0.2) is 30.6 Å². The van der Waals surface area contributed by atoms with Gasteiger partial charge in [0, 0.05) is 6.54 Å². The van der Waals surface area contributed by atoms with Crippen molar-refractivity contribution in [2.45, 2.75) is 6.54 Å². The van der Waals surface area contributed by atoms with Crippen LogP contribution in [0.4, 0.5) is 0 Å². The molecule has 1 aromatic carbocycles. The van der Waals surface area contributed by atoms with Crippen molar-refractivity contribution in [2.24, 2.45) is 0 Å². The molecule has 90 valence electrons. The summed E-state index contributed by atoms with van der Waals surface area (Å²) in [6.07, 6.45) is 1.36. The fourth-order valence-corrected chi connectivity index (χ4v) is 2.06. The van der Waals surface area contributed by atoms with Gasteiger partial charge in [-0.3, -0.25) is 9.36 Å². The van der Waals surface area contributed by atoms with Crippen LogP contribution in [0.2, 0.25) is 0 Å². The van der Waals surface area contributed by atoms with Gasteiger partial charge in [0.1, 0.15) is 12.0 Å². The van der Waals surface area contributed by atoms with Crippen molar-refractivity contribution in [3.8, 4) is 5.69 Å². The number of imidazole rings is 1. The second kappa shape index (κ2) is 3.69. The Balaban J connectivity index is 2.31. The molecule has 0 saturated carbocycles. The zero-order chi connectivity index (χ0) is 12.7. The van der Waals surface area contributed by atoms with E-state index in [0.29, 0.717) is 6.54 Å². The van der Waals surface area contributed by atoms with Gasteiger partial charge in [0.05, 0.1) is 5.69 Å². The zero-order valence-corrected chi connectivity index (χ0v) is 9.25. The van der Waals surface area contributed by atoms with Gasteiger partial charge in [-0.1, -0.05) is 18.2 Å². The number of nitrogens with one attached hydrogen (secondary N) is 1. The van der Waals surface area contributed by atoms with Crippen molar-refractivity contribution >= 4 is 11.9 Å². The Labute approximate surface area is 102 Å². The van der Waals surface area contributed by atoms with E-state index in [0.717, 1.165) is 11.3 Å². The standard InChI is InChI=1S/C12H9N3O3/c16-11-10-9(12(17)18)14-6-15(10)8-4-2-1-3-7(8)5-13-11/h1-4,6H,5H2,(H,13,16)(H,17,18). The predicted octanol–water partition coefficient (Wildman–Crippen LogP) is 0.814. The van der Waals surface area contributed by atoms with Crippen molar-refractivity contribution in [3.05, 3.63) is 47.5 Å². The summed E-state index contributed by atoms with van der Waals surface area (Å²) in [4.78, 5) is 26.8. The summed E-state index contributed by atoms with van der Waals surface area (Å²) in [5, 5.41) is 11.7. The fourth-order valence-electron chi connectivity index (χ4n) is 2.06. The van der Waals surface area contributed by atoms with Gasteiger partial charge in [0.15, 0.2) is 5.69 Å². The first kappa shape index (κ1) is 10.5. The second-order valence-corrected chi connectivity index (χ2v) is 3.93. The van der Waals surface area contributed by atoms with Gasteiger partial charge in [0.2, 0.25) is 0 Å². The maximum absolute atomic E-state index is 11.9. The van der Waals surface area contributed by atoms with Crippen molar-refractivity contribution in [1.82, 2.24) is 14.9 Å². The number of aromatic nitrogens is 2. The zero-order valence-electron chi connectivity index (χ0n) is 9.25. The molecule has 0 aliphatic carbocycles. The minimum atomic E-state index is -1.21. The summed E-state index contributed by atoms with van der Waals surface area (Å²) in [5.74, 6) is -1.64. The number of fused-ring (bicyclic) bond motifs is 3. The molecule has 0 saturated heterocycles. The third-order valence-corrected chi connectivity index (χ3v) is 2.88. The van der Waals surface area contributed by atoms with Crippen molar-refractivity contribution in [3.63, 3.8) is 0 Å². The van der Waals surface area contributed by atoms with Crippen LogP contribution in [0.25, 0.3) is 5.69 Å². The highest BCUT2D eigenvalue weighted by Gasteiger charge is 2.27. The predicted molar refractivity (Wildman–Crippen MR) is 61.7 cm³/mol. The number of para-hydroxylation sites is 1. The third kappa shape index (κ3) is 1.39. The van der Waals surface area contributed by atoms with Crippen molar-refractivity contribution in [2.75, 3.05) is 0 Å². The third-order valence-electron chi connectivity index (χ3n) is 2.88. The highest BCUT2D eigenvalue weighted by Crippen LogP contribution is 2.21. The van der Waals surface area contributed by atoms with Crippen LogP contribution in [-0.4, -0.2) is 26.5 Å². The topological polar surface area (TPSA) is 84.2 Å². The molecule has 2 heterocycles. The van der Waals surface area contributed by atoms with E-state index in [9.17, 15) is 9.59 Å². The number of nitrogens with zero attached hydrogens (tertiary/aromatic N) is 2. The summed E-state index contributed by atoms with van der Waals surface area (Å²) in [6.45, 7) is 0.371. The molecule has 0 radical (unpaired) electrons. The molecule has 1 aliphatic heterocycles. The Bertz CT molecular complexity index is 660. The molecule has 6 heteroatoms. The molecular weight excluding hydrogens is 234 g/mol. The quantitative estimate of drug-likeness (QED) is 0.776. The average molecular weight is 243 g/mol. The van der Waals surface area contributed by atoms with E-state index < -0.39 is 11.9 Å². The summed E-state index contributed by atoms with van der Waals surface area (Å²) >= 11 is 0. The maximum atomic E-state index is 11.9. The Hall–Kier alpha value is -2.63. The van der Waals surface area contributed by atoms with Gasteiger partial charge < -0.3 is 10.4 Å². The lowest BCUT2D eigenvalue weighted by Gasteiger charge is -2.06. The van der Waals surface area contributed by atoms with E-state index in [1.807, 2.05) is 24.3 Å². The lowest BCUT2D eigenvalue weighted by molar-refractivity contribution is 0.0684. The SMILES string of the molecule is O=C(O)c1ncn2c1C(=O)NCc1ccccc1-2. The normalized spacial score (nSPS) is 13.2. The summed E-state index contributed by atoms with van der Waals surface area (Å²) in [6, 6.07) is 7.40. The van der Waals surface area contributed by atoms with E-state index in [1.165, 1.54) is 10.9 Å². The van der Waals surface area contributed by atoms with Crippen LogP contribution < -0.4 is 5.32 Å². The van der Waals surface area contributed by atoms with Gasteiger partial charge in [-0.15, -0.1) is 0 Å². The van der Waals surface area contributed by atoms with E-state index in [-0.39, 0.29) is 11.4 Å². The van der Waals surface area contributed by atoms with Crippen molar-refractivity contribution < 1.29 is 14.7 Å². The number of carboxylic acid groups (broad SMARTS) is 1. The number of amides is 1. The van der Waals surface area contributed by atoms with Gasteiger partial charge >= 0.3 is 5.97 Å². The highest BCUT2D eigenvalue weighted by atomic mass is 16.4. The van der Waals surface area contributed by atoms with E-state index in [2.05, 4.69) is 10.3 Å². The van der Waals surface area contributed by atoms with Gasteiger partial charge in [-0.05, 0) is 11.6 Å². The Morgan fingerprint density at radius 3 is 2.94 bits per heavy atom. The molecule has 0 bridgehead atoms. The molecule has 1 amide bonds. The Kier molecular flexibility index (Phi) is 2.16. The number of hydrogen-bond donors (Lipinski definition) is 2. The highest BCUT2D eigenvalue weighted by molar-refractivity contribution is 6.03. The molecule has 1 aromatic heterocycles. The average Bonchev–Trinajstić information content (AvgIpc) is 2.75. The van der Waals surface area contributed by atoms with Crippen molar-refractivity contribution in [1.29, 1.82) is 0 Å². The van der Waals surface area contributed by atoms with Crippen LogP contribution >= 0.6 is 0 Å². The Morgan fingerprint density at radius 1 is 1.39 bits per heavy atom. The smallest absolute Gasteiger partial charge is 0.356 e. The number of rotatable bonds is 1. The van der Waals surface area contributed by atoms with Gasteiger partial charge in [0.25, 0.3) is 5.91 Å². The molecule has 1 aliphatic rings.